The number of carbonyl (C=O) groups is 1. The van der Waals surface area contributed by atoms with Crippen molar-refractivity contribution >= 4 is 17.5 Å². The molecule has 0 unspecified atom stereocenters. The minimum Gasteiger partial charge on any atom is -0.388 e. The SMILES string of the molecule is O=C(NCC1(O)CCCCC1)c1cccc(Cl)c1. The van der Waals surface area contributed by atoms with Gasteiger partial charge in [-0.3, -0.25) is 4.79 Å². The molecule has 0 saturated heterocycles. The van der Waals surface area contributed by atoms with Crippen LogP contribution in [-0.2, 0) is 0 Å². The van der Waals surface area contributed by atoms with Crippen LogP contribution in [0.4, 0.5) is 0 Å². The fourth-order valence-electron chi connectivity index (χ4n) is 2.36. The first-order valence-corrected chi connectivity index (χ1v) is 6.73. The summed E-state index contributed by atoms with van der Waals surface area (Å²) in [5, 5.41) is 13.6. The fourth-order valence-corrected chi connectivity index (χ4v) is 2.55. The lowest BCUT2D eigenvalue weighted by molar-refractivity contribution is 0.00526. The zero-order valence-corrected chi connectivity index (χ0v) is 11.0. The molecule has 0 heterocycles. The minimum absolute atomic E-state index is 0.184. The summed E-state index contributed by atoms with van der Waals surface area (Å²) in [6.45, 7) is 0.318. The van der Waals surface area contributed by atoms with Crippen LogP contribution in [0.15, 0.2) is 24.3 Å². The number of nitrogens with one attached hydrogen (secondary N) is 1. The van der Waals surface area contributed by atoms with E-state index < -0.39 is 5.60 Å². The number of rotatable bonds is 3. The van der Waals surface area contributed by atoms with Crippen molar-refractivity contribution in [3.8, 4) is 0 Å². The first-order chi connectivity index (χ1) is 8.59. The summed E-state index contributed by atoms with van der Waals surface area (Å²) in [7, 11) is 0. The molecule has 2 rings (SSSR count). The van der Waals surface area contributed by atoms with E-state index in [-0.39, 0.29) is 5.91 Å². The van der Waals surface area contributed by atoms with Crippen molar-refractivity contribution in [2.75, 3.05) is 6.54 Å². The van der Waals surface area contributed by atoms with Gasteiger partial charge in [-0.05, 0) is 31.0 Å². The molecule has 2 N–H and O–H groups in total. The molecule has 0 spiro atoms. The number of halogens is 1. The fraction of sp³-hybridized carbons (Fsp3) is 0.500. The molecule has 98 valence electrons. The second-order valence-electron chi connectivity index (χ2n) is 4.98. The van der Waals surface area contributed by atoms with Crippen molar-refractivity contribution in [1.29, 1.82) is 0 Å². The van der Waals surface area contributed by atoms with Crippen molar-refractivity contribution in [3.63, 3.8) is 0 Å². The maximum atomic E-state index is 11.9. The van der Waals surface area contributed by atoms with Gasteiger partial charge in [-0.15, -0.1) is 0 Å². The van der Waals surface area contributed by atoms with Gasteiger partial charge in [0.2, 0.25) is 0 Å². The topological polar surface area (TPSA) is 49.3 Å². The molecule has 0 bridgehead atoms. The lowest BCUT2D eigenvalue weighted by atomic mass is 9.85. The molecule has 1 aromatic carbocycles. The molecular formula is C14H18ClNO2. The van der Waals surface area contributed by atoms with Gasteiger partial charge in [0, 0.05) is 17.1 Å². The third-order valence-electron chi connectivity index (χ3n) is 3.45. The standard InChI is InChI=1S/C14H18ClNO2/c15-12-6-4-5-11(9-12)13(17)16-10-14(18)7-2-1-3-8-14/h4-6,9,18H,1-3,7-8,10H2,(H,16,17). The van der Waals surface area contributed by atoms with Gasteiger partial charge in [0.25, 0.3) is 5.91 Å². The van der Waals surface area contributed by atoms with Gasteiger partial charge in [-0.1, -0.05) is 36.9 Å². The van der Waals surface area contributed by atoms with Gasteiger partial charge < -0.3 is 10.4 Å². The molecule has 1 aromatic rings. The highest BCUT2D eigenvalue weighted by molar-refractivity contribution is 6.30. The summed E-state index contributed by atoms with van der Waals surface area (Å²) in [4.78, 5) is 11.9. The van der Waals surface area contributed by atoms with Crippen LogP contribution in [0.25, 0.3) is 0 Å². The number of hydrogen-bond donors (Lipinski definition) is 2. The normalized spacial score (nSPS) is 18.3. The van der Waals surface area contributed by atoms with Gasteiger partial charge in [-0.2, -0.15) is 0 Å². The van der Waals surface area contributed by atoms with Gasteiger partial charge in [0.15, 0.2) is 0 Å². The van der Waals surface area contributed by atoms with Crippen LogP contribution in [0.1, 0.15) is 42.5 Å². The second-order valence-corrected chi connectivity index (χ2v) is 5.41. The lowest BCUT2D eigenvalue weighted by Gasteiger charge is -2.32. The molecule has 1 amide bonds. The highest BCUT2D eigenvalue weighted by Gasteiger charge is 2.29. The first kappa shape index (κ1) is 13.4. The second kappa shape index (κ2) is 5.72. The highest BCUT2D eigenvalue weighted by atomic mass is 35.5. The molecule has 0 aromatic heterocycles. The Hall–Kier alpha value is -1.06. The zero-order valence-electron chi connectivity index (χ0n) is 10.3. The Labute approximate surface area is 112 Å². The molecule has 1 aliphatic rings. The minimum atomic E-state index is -0.730. The van der Waals surface area contributed by atoms with Gasteiger partial charge >= 0.3 is 0 Å². The van der Waals surface area contributed by atoms with Crippen molar-refractivity contribution in [3.05, 3.63) is 34.9 Å². The average molecular weight is 268 g/mol. The van der Waals surface area contributed by atoms with Crippen LogP contribution in [-0.4, -0.2) is 23.2 Å². The summed E-state index contributed by atoms with van der Waals surface area (Å²) in [5.74, 6) is -0.184. The summed E-state index contributed by atoms with van der Waals surface area (Å²) in [6, 6.07) is 6.81. The summed E-state index contributed by atoms with van der Waals surface area (Å²) in [5.41, 5.74) is -0.200. The van der Waals surface area contributed by atoms with Gasteiger partial charge in [0.05, 0.1) is 5.60 Å². The average Bonchev–Trinajstić information content (AvgIpc) is 2.37. The summed E-state index contributed by atoms with van der Waals surface area (Å²) >= 11 is 5.84. The zero-order chi connectivity index (χ0) is 13.0. The molecule has 4 heteroatoms. The van der Waals surface area contributed by atoms with E-state index in [2.05, 4.69) is 5.32 Å². The Morgan fingerprint density at radius 2 is 2.06 bits per heavy atom. The molecule has 0 aliphatic heterocycles. The molecule has 1 saturated carbocycles. The van der Waals surface area contributed by atoms with E-state index >= 15 is 0 Å². The van der Waals surface area contributed by atoms with Crippen LogP contribution in [0.5, 0.6) is 0 Å². The van der Waals surface area contributed by atoms with Crippen LogP contribution in [0.2, 0.25) is 5.02 Å². The third kappa shape index (κ3) is 3.47. The van der Waals surface area contributed by atoms with Crippen molar-refractivity contribution < 1.29 is 9.90 Å². The van der Waals surface area contributed by atoms with E-state index in [4.69, 9.17) is 11.6 Å². The predicted molar refractivity (Wildman–Crippen MR) is 71.8 cm³/mol. The van der Waals surface area contributed by atoms with Crippen molar-refractivity contribution in [1.82, 2.24) is 5.32 Å². The van der Waals surface area contributed by atoms with Crippen LogP contribution in [0, 0.1) is 0 Å². The Kier molecular flexibility index (Phi) is 4.25. The molecule has 0 atom stereocenters. The number of carbonyl (C=O) groups excluding carboxylic acids is 1. The highest BCUT2D eigenvalue weighted by Crippen LogP contribution is 2.27. The van der Waals surface area contributed by atoms with E-state index in [9.17, 15) is 9.90 Å². The number of aliphatic hydroxyl groups is 1. The molecule has 18 heavy (non-hydrogen) atoms. The van der Waals surface area contributed by atoms with E-state index in [1.165, 1.54) is 6.42 Å². The number of amides is 1. The molecule has 3 nitrogen and oxygen atoms in total. The van der Waals surface area contributed by atoms with E-state index in [0.717, 1.165) is 25.7 Å². The van der Waals surface area contributed by atoms with Crippen molar-refractivity contribution in [2.45, 2.75) is 37.7 Å². The largest absolute Gasteiger partial charge is 0.388 e. The summed E-state index contributed by atoms with van der Waals surface area (Å²) in [6.07, 6.45) is 4.77. The van der Waals surface area contributed by atoms with Crippen molar-refractivity contribution in [2.24, 2.45) is 0 Å². The summed E-state index contributed by atoms with van der Waals surface area (Å²) < 4.78 is 0. The maximum absolute atomic E-state index is 11.9. The molecular weight excluding hydrogens is 250 g/mol. The smallest absolute Gasteiger partial charge is 0.251 e. The quantitative estimate of drug-likeness (QED) is 0.885. The molecule has 1 aliphatic carbocycles. The Bertz CT molecular complexity index is 428. The first-order valence-electron chi connectivity index (χ1n) is 6.35. The monoisotopic (exact) mass is 267 g/mol. The molecule has 1 fully saturated rings. The number of hydrogen-bond acceptors (Lipinski definition) is 2. The van der Waals surface area contributed by atoms with Crippen LogP contribution in [0.3, 0.4) is 0 Å². The van der Waals surface area contributed by atoms with E-state index in [0.29, 0.717) is 17.1 Å². The Balaban J connectivity index is 1.92. The Morgan fingerprint density at radius 1 is 1.33 bits per heavy atom. The van der Waals surface area contributed by atoms with Gasteiger partial charge in [0.1, 0.15) is 0 Å². The number of benzene rings is 1. The predicted octanol–water partition coefficient (Wildman–Crippen LogP) is 2.77. The van der Waals surface area contributed by atoms with E-state index in [1.54, 1.807) is 24.3 Å². The van der Waals surface area contributed by atoms with Crippen LogP contribution >= 0.6 is 11.6 Å². The van der Waals surface area contributed by atoms with Gasteiger partial charge in [-0.25, -0.2) is 0 Å². The van der Waals surface area contributed by atoms with E-state index in [1.807, 2.05) is 0 Å². The third-order valence-corrected chi connectivity index (χ3v) is 3.68. The Morgan fingerprint density at radius 3 is 2.72 bits per heavy atom. The van der Waals surface area contributed by atoms with Crippen LogP contribution < -0.4 is 5.32 Å². The molecule has 0 radical (unpaired) electrons. The maximum Gasteiger partial charge on any atom is 0.251 e. The lowest BCUT2D eigenvalue weighted by Crippen LogP contribution is -2.44.